The molecule has 0 aromatic rings. The molecule has 7 unspecified atom stereocenters. The summed E-state index contributed by atoms with van der Waals surface area (Å²) in [6.45, 7) is 3.68. The molecule has 7 atom stereocenters. The Morgan fingerprint density at radius 1 is 0.733 bits per heavy atom. The maximum absolute atomic E-state index is 12.8. The van der Waals surface area contributed by atoms with Gasteiger partial charge in [0.15, 0.2) is 6.29 Å². The van der Waals surface area contributed by atoms with Crippen LogP contribution >= 0.6 is 0 Å². The number of aliphatic hydroxyl groups excluding tert-OH is 5. The van der Waals surface area contributed by atoms with E-state index in [1.807, 2.05) is 6.08 Å². The first kappa shape index (κ1) is 41.7. The van der Waals surface area contributed by atoms with Crippen molar-refractivity contribution in [1.29, 1.82) is 0 Å². The van der Waals surface area contributed by atoms with Gasteiger partial charge in [-0.3, -0.25) is 4.79 Å². The van der Waals surface area contributed by atoms with Crippen LogP contribution in [0.3, 0.4) is 0 Å². The van der Waals surface area contributed by atoms with E-state index in [0.717, 1.165) is 57.8 Å². The Kier molecular flexibility index (Phi) is 25.7. The average molecular weight is 642 g/mol. The van der Waals surface area contributed by atoms with Crippen molar-refractivity contribution in [3.63, 3.8) is 0 Å². The van der Waals surface area contributed by atoms with Crippen molar-refractivity contribution in [1.82, 2.24) is 5.32 Å². The first-order chi connectivity index (χ1) is 21.8. The maximum Gasteiger partial charge on any atom is 0.220 e. The summed E-state index contributed by atoms with van der Waals surface area (Å²) in [4.78, 5) is 12.8. The van der Waals surface area contributed by atoms with Crippen molar-refractivity contribution < 1.29 is 39.8 Å². The summed E-state index contributed by atoms with van der Waals surface area (Å²) in [5.41, 5.74) is 0. The Bertz CT molecular complexity index is 761. The molecule has 9 heteroatoms. The smallest absolute Gasteiger partial charge is 0.220 e. The molecule has 45 heavy (non-hydrogen) atoms. The minimum atomic E-state index is -1.56. The molecule has 1 saturated heterocycles. The molecule has 1 fully saturated rings. The molecule has 1 aliphatic rings. The Morgan fingerprint density at radius 2 is 1.24 bits per heavy atom. The minimum absolute atomic E-state index is 0.191. The fourth-order valence-electron chi connectivity index (χ4n) is 5.50. The van der Waals surface area contributed by atoms with Gasteiger partial charge in [0.1, 0.15) is 24.4 Å². The third kappa shape index (κ3) is 19.8. The molecule has 0 aliphatic carbocycles. The van der Waals surface area contributed by atoms with Crippen LogP contribution < -0.4 is 5.32 Å². The standard InChI is InChI=1S/C36H67NO8/c1-3-5-7-9-11-13-15-16-18-20-22-24-26-32(40)37-29(28-44-36-35(43)34(42)33(41)31(27-38)45-36)30(39)25-23-21-19-17-14-12-10-8-6-4-2/h11,13,23,25,29-31,33-36,38-39,41-43H,3-10,12,14-22,24,26-28H2,1-2H3,(H,37,40)/b13-11-,25-23+. The van der Waals surface area contributed by atoms with E-state index in [-0.39, 0.29) is 12.5 Å². The number of hydrogen-bond donors (Lipinski definition) is 6. The molecule has 9 nitrogen and oxygen atoms in total. The predicted octanol–water partition coefficient (Wildman–Crippen LogP) is 5.60. The van der Waals surface area contributed by atoms with E-state index in [2.05, 4.69) is 31.3 Å². The van der Waals surface area contributed by atoms with Crippen LogP contribution in [0, 0.1) is 0 Å². The average Bonchev–Trinajstić information content (AvgIpc) is 3.04. The summed E-state index contributed by atoms with van der Waals surface area (Å²) in [5, 5.41) is 53.7. The van der Waals surface area contributed by atoms with E-state index in [4.69, 9.17) is 9.47 Å². The highest BCUT2D eigenvalue weighted by Gasteiger charge is 2.44. The summed E-state index contributed by atoms with van der Waals surface area (Å²) in [5.74, 6) is -0.192. The number of rotatable bonds is 28. The van der Waals surface area contributed by atoms with E-state index in [1.54, 1.807) is 6.08 Å². The molecule has 1 heterocycles. The van der Waals surface area contributed by atoms with Gasteiger partial charge >= 0.3 is 0 Å². The SMILES string of the molecule is CCCCC/C=C\CCCCCCCC(=O)NC(COC1OC(CO)C(O)C(O)C1O)C(O)/C=C/CCCCCCCCCC. The monoisotopic (exact) mass is 641 g/mol. The second-order valence-corrected chi connectivity index (χ2v) is 12.7. The van der Waals surface area contributed by atoms with Crippen LogP contribution in [0.1, 0.15) is 142 Å². The van der Waals surface area contributed by atoms with E-state index in [1.165, 1.54) is 64.2 Å². The molecule has 1 aliphatic heterocycles. The molecule has 6 N–H and O–H groups in total. The van der Waals surface area contributed by atoms with Crippen molar-refractivity contribution in [3.8, 4) is 0 Å². The molecule has 0 radical (unpaired) electrons. The first-order valence-corrected chi connectivity index (χ1v) is 18.1. The number of allylic oxidation sites excluding steroid dienone is 3. The van der Waals surface area contributed by atoms with Gasteiger partial charge in [-0.2, -0.15) is 0 Å². The zero-order chi connectivity index (χ0) is 33.1. The number of amides is 1. The van der Waals surface area contributed by atoms with E-state index in [9.17, 15) is 30.3 Å². The second-order valence-electron chi connectivity index (χ2n) is 12.7. The van der Waals surface area contributed by atoms with E-state index >= 15 is 0 Å². The molecule has 0 aromatic heterocycles. The normalized spacial score (nSPS) is 23.6. The molecule has 0 aromatic carbocycles. The number of carbonyl (C=O) groups excluding carboxylic acids is 1. The highest BCUT2D eigenvalue weighted by atomic mass is 16.7. The van der Waals surface area contributed by atoms with Crippen molar-refractivity contribution in [2.75, 3.05) is 13.2 Å². The lowest BCUT2D eigenvalue weighted by atomic mass is 9.99. The van der Waals surface area contributed by atoms with Crippen molar-refractivity contribution in [2.45, 2.75) is 185 Å². The molecule has 1 rings (SSSR count). The molecule has 264 valence electrons. The topological polar surface area (TPSA) is 149 Å². The lowest BCUT2D eigenvalue weighted by Gasteiger charge is -2.40. The molecule has 0 spiro atoms. The van der Waals surface area contributed by atoms with Gasteiger partial charge in [0.05, 0.1) is 25.4 Å². The van der Waals surface area contributed by atoms with Crippen molar-refractivity contribution in [2.24, 2.45) is 0 Å². The number of nitrogens with one attached hydrogen (secondary N) is 1. The van der Waals surface area contributed by atoms with E-state index < -0.39 is 49.5 Å². The van der Waals surface area contributed by atoms with Gasteiger partial charge in [-0.15, -0.1) is 0 Å². The number of hydrogen-bond acceptors (Lipinski definition) is 8. The fraction of sp³-hybridized carbons (Fsp3) is 0.861. The van der Waals surface area contributed by atoms with Crippen LogP contribution in [0.2, 0.25) is 0 Å². The molecular weight excluding hydrogens is 574 g/mol. The Balaban J connectivity index is 2.50. The number of aliphatic hydroxyl groups is 5. The number of carbonyl (C=O) groups is 1. The number of ether oxygens (including phenoxy) is 2. The summed E-state index contributed by atoms with van der Waals surface area (Å²) < 4.78 is 11.1. The third-order valence-corrected chi connectivity index (χ3v) is 8.52. The Labute approximate surface area is 273 Å². The predicted molar refractivity (Wildman–Crippen MR) is 180 cm³/mol. The van der Waals surface area contributed by atoms with Crippen molar-refractivity contribution in [3.05, 3.63) is 24.3 Å². The summed E-state index contributed by atoms with van der Waals surface area (Å²) in [6.07, 6.45) is 22.2. The quantitative estimate of drug-likeness (QED) is 0.0478. The second kappa shape index (κ2) is 27.8. The van der Waals surface area contributed by atoms with Gasteiger partial charge in [-0.05, 0) is 44.9 Å². The van der Waals surface area contributed by atoms with Crippen LogP contribution in [0.5, 0.6) is 0 Å². The highest BCUT2D eigenvalue weighted by Crippen LogP contribution is 2.22. The summed E-state index contributed by atoms with van der Waals surface area (Å²) >= 11 is 0. The van der Waals surface area contributed by atoms with Gasteiger partial charge in [-0.1, -0.05) is 115 Å². The number of unbranched alkanes of at least 4 members (excludes halogenated alkanes) is 16. The summed E-state index contributed by atoms with van der Waals surface area (Å²) in [6, 6.07) is -0.802. The maximum atomic E-state index is 12.8. The molecular formula is C36H67NO8. The lowest BCUT2D eigenvalue weighted by Crippen LogP contribution is -2.60. The van der Waals surface area contributed by atoms with E-state index in [0.29, 0.717) is 6.42 Å². The summed E-state index contributed by atoms with van der Waals surface area (Å²) in [7, 11) is 0. The van der Waals surface area contributed by atoms with Gasteiger partial charge < -0.3 is 40.3 Å². The fourth-order valence-corrected chi connectivity index (χ4v) is 5.50. The molecule has 1 amide bonds. The van der Waals surface area contributed by atoms with Crippen LogP contribution in [-0.2, 0) is 14.3 Å². The van der Waals surface area contributed by atoms with Gasteiger partial charge in [0.2, 0.25) is 5.91 Å². The van der Waals surface area contributed by atoms with Gasteiger partial charge in [0.25, 0.3) is 0 Å². The van der Waals surface area contributed by atoms with Gasteiger partial charge in [-0.25, -0.2) is 0 Å². The Morgan fingerprint density at radius 3 is 1.84 bits per heavy atom. The lowest BCUT2D eigenvalue weighted by molar-refractivity contribution is -0.302. The van der Waals surface area contributed by atoms with Crippen LogP contribution in [0.4, 0.5) is 0 Å². The van der Waals surface area contributed by atoms with Crippen LogP contribution in [0.15, 0.2) is 24.3 Å². The van der Waals surface area contributed by atoms with Crippen LogP contribution in [0.25, 0.3) is 0 Å². The van der Waals surface area contributed by atoms with Gasteiger partial charge in [0, 0.05) is 6.42 Å². The zero-order valence-electron chi connectivity index (χ0n) is 28.4. The highest BCUT2D eigenvalue weighted by molar-refractivity contribution is 5.76. The first-order valence-electron chi connectivity index (χ1n) is 18.1. The third-order valence-electron chi connectivity index (χ3n) is 8.52. The minimum Gasteiger partial charge on any atom is -0.394 e. The van der Waals surface area contributed by atoms with Crippen LogP contribution in [-0.4, -0.2) is 87.5 Å². The zero-order valence-corrected chi connectivity index (χ0v) is 28.4. The van der Waals surface area contributed by atoms with Crippen molar-refractivity contribution >= 4 is 5.91 Å². The Hall–Kier alpha value is -1.33. The molecule has 0 bridgehead atoms. The largest absolute Gasteiger partial charge is 0.394 e. The molecule has 0 saturated carbocycles.